The van der Waals surface area contributed by atoms with E-state index in [9.17, 15) is 9.59 Å². The van der Waals surface area contributed by atoms with Gasteiger partial charge in [-0.15, -0.1) is 0 Å². The van der Waals surface area contributed by atoms with Gasteiger partial charge in [0.25, 0.3) is 5.91 Å². The molecule has 0 saturated carbocycles. The van der Waals surface area contributed by atoms with Gasteiger partial charge >= 0.3 is 0 Å². The summed E-state index contributed by atoms with van der Waals surface area (Å²) in [4.78, 5) is 26.9. The summed E-state index contributed by atoms with van der Waals surface area (Å²) in [7, 11) is 0. The van der Waals surface area contributed by atoms with Gasteiger partial charge in [0.1, 0.15) is 6.04 Å². The molecule has 33 heavy (non-hydrogen) atoms. The van der Waals surface area contributed by atoms with Crippen LogP contribution in [0.4, 0.5) is 0 Å². The normalized spacial score (nSPS) is 19.8. The SMILES string of the molecule is CC(C)c1ccc(C2CC3C(=O)N(CCC(=O)NCCc4ccc(Cl)cc4)C=CN3N2)cc1. The number of carbonyl (C=O) groups is 2. The van der Waals surface area contributed by atoms with Gasteiger partial charge in [0.2, 0.25) is 5.91 Å². The second-order valence-electron chi connectivity index (χ2n) is 8.97. The van der Waals surface area contributed by atoms with Gasteiger partial charge in [0, 0.05) is 36.9 Å². The highest BCUT2D eigenvalue weighted by Crippen LogP contribution is 2.31. The lowest BCUT2D eigenvalue weighted by atomic mass is 9.97. The molecule has 0 bridgehead atoms. The van der Waals surface area contributed by atoms with Gasteiger partial charge in [0.15, 0.2) is 0 Å². The smallest absolute Gasteiger partial charge is 0.250 e. The molecule has 1 saturated heterocycles. The Morgan fingerprint density at radius 3 is 2.55 bits per heavy atom. The van der Waals surface area contributed by atoms with Crippen molar-refractivity contribution in [3.63, 3.8) is 0 Å². The number of rotatable bonds is 8. The van der Waals surface area contributed by atoms with Crippen LogP contribution < -0.4 is 10.7 Å². The monoisotopic (exact) mass is 466 g/mol. The van der Waals surface area contributed by atoms with Crippen LogP contribution in [0.15, 0.2) is 60.9 Å². The molecule has 0 spiro atoms. The van der Waals surface area contributed by atoms with Gasteiger partial charge < -0.3 is 15.2 Å². The third kappa shape index (κ3) is 5.75. The number of halogens is 1. The van der Waals surface area contributed by atoms with E-state index in [1.807, 2.05) is 35.5 Å². The van der Waals surface area contributed by atoms with Gasteiger partial charge in [0.05, 0.1) is 6.04 Å². The van der Waals surface area contributed by atoms with Gasteiger partial charge in [-0.05, 0) is 47.6 Å². The quantitative estimate of drug-likeness (QED) is 0.613. The van der Waals surface area contributed by atoms with Crippen molar-refractivity contribution in [1.29, 1.82) is 0 Å². The molecule has 7 heteroatoms. The minimum absolute atomic E-state index is 0.0280. The van der Waals surface area contributed by atoms with Crippen LogP contribution in [0, 0.1) is 0 Å². The zero-order chi connectivity index (χ0) is 23.4. The number of hydrogen-bond acceptors (Lipinski definition) is 4. The van der Waals surface area contributed by atoms with Crippen molar-refractivity contribution in [3.8, 4) is 0 Å². The number of nitrogens with zero attached hydrogens (tertiary/aromatic N) is 2. The number of hydrazine groups is 1. The standard InChI is InChI=1S/C26H31ClN4O2/c1-18(2)20-5-7-21(8-6-20)23-17-24-26(33)30(15-16-31(24)29-23)14-12-25(32)28-13-11-19-3-9-22(27)10-4-19/h3-10,15-16,18,23-24,29H,11-14,17H2,1-2H3,(H,28,32). The van der Waals surface area contributed by atoms with E-state index < -0.39 is 0 Å². The van der Waals surface area contributed by atoms with E-state index in [0.717, 1.165) is 12.0 Å². The molecule has 0 aliphatic carbocycles. The van der Waals surface area contributed by atoms with Gasteiger partial charge in [-0.2, -0.15) is 0 Å². The van der Waals surface area contributed by atoms with Crippen LogP contribution in [0.25, 0.3) is 0 Å². The molecule has 2 amide bonds. The summed E-state index contributed by atoms with van der Waals surface area (Å²) < 4.78 is 0. The minimum Gasteiger partial charge on any atom is -0.356 e. The van der Waals surface area contributed by atoms with Crippen molar-refractivity contribution in [3.05, 3.63) is 82.6 Å². The molecule has 4 rings (SSSR count). The van der Waals surface area contributed by atoms with Crippen molar-refractivity contribution >= 4 is 23.4 Å². The Bertz CT molecular complexity index is 1000. The number of fused-ring (bicyclic) bond motifs is 1. The average Bonchev–Trinajstić information content (AvgIpc) is 3.25. The number of benzene rings is 2. The number of carbonyl (C=O) groups excluding carboxylic acids is 2. The van der Waals surface area contributed by atoms with Crippen molar-refractivity contribution in [1.82, 2.24) is 20.7 Å². The summed E-state index contributed by atoms with van der Waals surface area (Å²) >= 11 is 5.90. The Labute approximate surface area is 200 Å². The molecule has 2 atom stereocenters. The Kier molecular flexibility index (Phi) is 7.36. The fourth-order valence-electron chi connectivity index (χ4n) is 4.26. The lowest BCUT2D eigenvalue weighted by Crippen LogP contribution is -2.48. The molecule has 6 nitrogen and oxygen atoms in total. The zero-order valence-electron chi connectivity index (χ0n) is 19.1. The van der Waals surface area contributed by atoms with E-state index in [-0.39, 0.29) is 30.3 Å². The second kappa shape index (κ2) is 10.4. The molecule has 2 aliphatic rings. The molecule has 2 heterocycles. The molecule has 2 aliphatic heterocycles. The maximum Gasteiger partial charge on any atom is 0.250 e. The summed E-state index contributed by atoms with van der Waals surface area (Å²) in [5.74, 6) is 0.468. The maximum absolute atomic E-state index is 13.0. The summed E-state index contributed by atoms with van der Waals surface area (Å²) in [6.45, 7) is 5.30. The van der Waals surface area contributed by atoms with Crippen LogP contribution in [0.2, 0.25) is 5.02 Å². The summed E-state index contributed by atoms with van der Waals surface area (Å²) in [5.41, 5.74) is 7.04. The molecule has 0 radical (unpaired) electrons. The Balaban J connectivity index is 1.24. The van der Waals surface area contributed by atoms with Crippen molar-refractivity contribution in [2.45, 2.75) is 51.1 Å². The fourth-order valence-corrected chi connectivity index (χ4v) is 4.39. The fraction of sp³-hybridized carbons (Fsp3) is 0.385. The Morgan fingerprint density at radius 1 is 1.12 bits per heavy atom. The van der Waals surface area contributed by atoms with E-state index >= 15 is 0 Å². The van der Waals surface area contributed by atoms with Gasteiger partial charge in [-0.1, -0.05) is 61.8 Å². The number of hydrogen-bond donors (Lipinski definition) is 2. The van der Waals surface area contributed by atoms with Crippen LogP contribution in [0.1, 0.15) is 55.3 Å². The molecule has 174 valence electrons. The second-order valence-corrected chi connectivity index (χ2v) is 9.40. The third-order valence-electron chi connectivity index (χ3n) is 6.31. The largest absolute Gasteiger partial charge is 0.356 e. The number of nitrogens with one attached hydrogen (secondary N) is 2. The van der Waals surface area contributed by atoms with E-state index in [2.05, 4.69) is 48.9 Å². The average molecular weight is 467 g/mol. The van der Waals surface area contributed by atoms with E-state index in [1.165, 1.54) is 11.1 Å². The summed E-state index contributed by atoms with van der Waals surface area (Å²) in [6.07, 6.45) is 5.38. The van der Waals surface area contributed by atoms with Crippen LogP contribution >= 0.6 is 11.6 Å². The highest BCUT2D eigenvalue weighted by Gasteiger charge is 2.39. The summed E-state index contributed by atoms with van der Waals surface area (Å²) in [6, 6.07) is 16.1. The van der Waals surface area contributed by atoms with E-state index in [0.29, 0.717) is 30.5 Å². The number of amides is 2. The minimum atomic E-state index is -0.252. The molecule has 0 aromatic heterocycles. The lowest BCUT2D eigenvalue weighted by molar-refractivity contribution is -0.134. The molecular formula is C26H31ClN4O2. The van der Waals surface area contributed by atoms with Gasteiger partial charge in [-0.3, -0.25) is 9.59 Å². The topological polar surface area (TPSA) is 64.7 Å². The zero-order valence-corrected chi connectivity index (χ0v) is 19.9. The van der Waals surface area contributed by atoms with Gasteiger partial charge in [-0.25, -0.2) is 5.43 Å². The first kappa shape index (κ1) is 23.3. The molecule has 2 aromatic rings. The van der Waals surface area contributed by atoms with Crippen LogP contribution in [0.5, 0.6) is 0 Å². The summed E-state index contributed by atoms with van der Waals surface area (Å²) in [5, 5.41) is 5.53. The highest BCUT2D eigenvalue weighted by molar-refractivity contribution is 6.30. The Hall–Kier alpha value is -2.83. The van der Waals surface area contributed by atoms with E-state index in [1.54, 1.807) is 11.1 Å². The molecule has 2 N–H and O–H groups in total. The molecule has 1 fully saturated rings. The van der Waals surface area contributed by atoms with E-state index in [4.69, 9.17) is 11.6 Å². The molecule has 2 aromatic carbocycles. The first-order valence-electron chi connectivity index (χ1n) is 11.5. The van der Waals surface area contributed by atoms with Crippen LogP contribution in [-0.4, -0.2) is 40.9 Å². The predicted molar refractivity (Wildman–Crippen MR) is 130 cm³/mol. The third-order valence-corrected chi connectivity index (χ3v) is 6.56. The first-order chi connectivity index (χ1) is 15.9. The predicted octanol–water partition coefficient (Wildman–Crippen LogP) is 4.15. The van der Waals surface area contributed by atoms with Crippen LogP contribution in [-0.2, 0) is 16.0 Å². The van der Waals surface area contributed by atoms with Crippen molar-refractivity contribution in [2.24, 2.45) is 0 Å². The molecular weight excluding hydrogens is 436 g/mol. The van der Waals surface area contributed by atoms with Crippen molar-refractivity contribution < 1.29 is 9.59 Å². The first-order valence-corrected chi connectivity index (χ1v) is 11.9. The van der Waals surface area contributed by atoms with Crippen LogP contribution in [0.3, 0.4) is 0 Å². The Morgan fingerprint density at radius 2 is 1.85 bits per heavy atom. The maximum atomic E-state index is 13.0. The highest BCUT2D eigenvalue weighted by atomic mass is 35.5. The van der Waals surface area contributed by atoms with Crippen molar-refractivity contribution in [2.75, 3.05) is 13.1 Å². The lowest BCUT2D eigenvalue weighted by Gasteiger charge is -2.31. The molecule has 2 unspecified atom stereocenters.